The van der Waals surface area contributed by atoms with E-state index in [1.807, 2.05) is 29.9 Å². The molecule has 0 aliphatic heterocycles. The SMILES string of the molecule is CCn1nc(CC(N)c2ccncc2C)c2ccccc21. The van der Waals surface area contributed by atoms with Crippen LogP contribution in [0.4, 0.5) is 0 Å². The number of para-hydroxylation sites is 1. The molecular formula is C17H20N4. The van der Waals surface area contributed by atoms with Gasteiger partial charge in [0.1, 0.15) is 0 Å². The predicted molar refractivity (Wildman–Crippen MR) is 85.0 cm³/mol. The standard InChI is InChI=1S/C17H20N4/c1-3-21-17-7-5-4-6-14(17)16(20-21)10-15(18)13-8-9-19-11-12(13)2/h4-9,11,15H,3,10,18H2,1-2H3. The number of pyridine rings is 1. The van der Waals surface area contributed by atoms with Crippen molar-refractivity contribution in [1.82, 2.24) is 14.8 Å². The molecule has 2 heterocycles. The van der Waals surface area contributed by atoms with E-state index in [9.17, 15) is 0 Å². The number of hydrogen-bond acceptors (Lipinski definition) is 3. The fourth-order valence-electron chi connectivity index (χ4n) is 2.81. The van der Waals surface area contributed by atoms with Gasteiger partial charge in [0.05, 0.1) is 11.2 Å². The van der Waals surface area contributed by atoms with Crippen LogP contribution >= 0.6 is 0 Å². The van der Waals surface area contributed by atoms with Crippen molar-refractivity contribution in [2.75, 3.05) is 0 Å². The highest BCUT2D eigenvalue weighted by Crippen LogP contribution is 2.24. The van der Waals surface area contributed by atoms with Crippen molar-refractivity contribution in [2.24, 2.45) is 5.73 Å². The Labute approximate surface area is 124 Å². The Hall–Kier alpha value is -2.20. The number of aromatic nitrogens is 3. The second-order valence-electron chi connectivity index (χ2n) is 5.32. The Morgan fingerprint density at radius 1 is 1.24 bits per heavy atom. The summed E-state index contributed by atoms with van der Waals surface area (Å²) in [6, 6.07) is 10.3. The maximum absolute atomic E-state index is 6.39. The molecular weight excluding hydrogens is 260 g/mol. The molecule has 3 rings (SSSR count). The molecule has 4 heteroatoms. The summed E-state index contributed by atoms with van der Waals surface area (Å²) in [5, 5.41) is 5.92. The van der Waals surface area contributed by atoms with Gasteiger partial charge in [-0.3, -0.25) is 9.67 Å². The van der Waals surface area contributed by atoms with Crippen LogP contribution in [-0.4, -0.2) is 14.8 Å². The highest BCUT2D eigenvalue weighted by atomic mass is 15.3. The van der Waals surface area contributed by atoms with Gasteiger partial charge in [0.15, 0.2) is 0 Å². The van der Waals surface area contributed by atoms with Crippen LogP contribution in [-0.2, 0) is 13.0 Å². The lowest BCUT2D eigenvalue weighted by Gasteiger charge is -2.13. The average molecular weight is 280 g/mol. The second-order valence-corrected chi connectivity index (χ2v) is 5.32. The highest BCUT2D eigenvalue weighted by molar-refractivity contribution is 5.82. The van der Waals surface area contributed by atoms with E-state index in [0.29, 0.717) is 0 Å². The van der Waals surface area contributed by atoms with E-state index < -0.39 is 0 Å². The first kappa shape index (κ1) is 13.8. The lowest BCUT2D eigenvalue weighted by molar-refractivity contribution is 0.640. The van der Waals surface area contributed by atoms with Crippen LogP contribution < -0.4 is 5.73 Å². The van der Waals surface area contributed by atoms with E-state index in [0.717, 1.165) is 29.8 Å². The third-order valence-corrected chi connectivity index (χ3v) is 3.91. The normalized spacial score (nSPS) is 12.7. The van der Waals surface area contributed by atoms with E-state index in [1.165, 1.54) is 10.9 Å². The summed E-state index contributed by atoms with van der Waals surface area (Å²) in [6.45, 7) is 5.02. The Morgan fingerprint density at radius 2 is 2.05 bits per heavy atom. The largest absolute Gasteiger partial charge is 0.324 e. The van der Waals surface area contributed by atoms with Crippen molar-refractivity contribution in [3.05, 3.63) is 59.5 Å². The summed E-state index contributed by atoms with van der Waals surface area (Å²) >= 11 is 0. The molecule has 0 saturated carbocycles. The number of rotatable bonds is 4. The van der Waals surface area contributed by atoms with Crippen molar-refractivity contribution in [3.8, 4) is 0 Å². The topological polar surface area (TPSA) is 56.7 Å². The van der Waals surface area contributed by atoms with Crippen molar-refractivity contribution in [3.63, 3.8) is 0 Å². The molecule has 0 radical (unpaired) electrons. The zero-order valence-electron chi connectivity index (χ0n) is 12.5. The van der Waals surface area contributed by atoms with Crippen LogP contribution in [0.3, 0.4) is 0 Å². The zero-order chi connectivity index (χ0) is 14.8. The minimum atomic E-state index is -0.0587. The van der Waals surface area contributed by atoms with E-state index in [1.54, 1.807) is 6.20 Å². The summed E-state index contributed by atoms with van der Waals surface area (Å²) in [5.41, 5.74) is 10.9. The quantitative estimate of drug-likeness (QED) is 0.799. The minimum Gasteiger partial charge on any atom is -0.324 e. The van der Waals surface area contributed by atoms with Crippen LogP contribution in [0.25, 0.3) is 10.9 Å². The van der Waals surface area contributed by atoms with Gasteiger partial charge in [0.2, 0.25) is 0 Å². The first-order chi connectivity index (χ1) is 10.2. The van der Waals surface area contributed by atoms with Gasteiger partial charge in [-0.05, 0) is 37.1 Å². The molecule has 0 aliphatic carbocycles. The van der Waals surface area contributed by atoms with Crippen LogP contribution in [0.1, 0.15) is 29.8 Å². The Bertz CT molecular complexity index is 760. The molecule has 1 unspecified atom stereocenters. The van der Waals surface area contributed by atoms with Gasteiger partial charge in [0.25, 0.3) is 0 Å². The third kappa shape index (κ3) is 2.54. The minimum absolute atomic E-state index is 0.0587. The van der Waals surface area contributed by atoms with Crippen LogP contribution in [0, 0.1) is 6.92 Å². The zero-order valence-corrected chi connectivity index (χ0v) is 12.5. The number of aryl methyl sites for hydroxylation is 2. The Morgan fingerprint density at radius 3 is 2.81 bits per heavy atom. The number of nitrogens with two attached hydrogens (primary N) is 1. The summed E-state index contributed by atoms with van der Waals surface area (Å²) in [5.74, 6) is 0. The van der Waals surface area contributed by atoms with Gasteiger partial charge in [-0.1, -0.05) is 18.2 Å². The maximum Gasteiger partial charge on any atom is 0.0722 e. The molecule has 0 bridgehead atoms. The fraction of sp³-hybridized carbons (Fsp3) is 0.294. The van der Waals surface area contributed by atoms with E-state index in [2.05, 4.69) is 30.1 Å². The average Bonchev–Trinajstić information content (AvgIpc) is 2.86. The molecule has 4 nitrogen and oxygen atoms in total. The number of benzene rings is 1. The van der Waals surface area contributed by atoms with Gasteiger partial charge in [-0.2, -0.15) is 5.10 Å². The van der Waals surface area contributed by atoms with Crippen LogP contribution in [0.5, 0.6) is 0 Å². The number of nitrogens with zero attached hydrogens (tertiary/aromatic N) is 3. The molecule has 1 aromatic carbocycles. The molecule has 0 spiro atoms. The monoisotopic (exact) mass is 280 g/mol. The molecule has 0 fully saturated rings. The van der Waals surface area contributed by atoms with E-state index in [-0.39, 0.29) is 6.04 Å². The molecule has 1 atom stereocenters. The lowest BCUT2D eigenvalue weighted by atomic mass is 9.99. The lowest BCUT2D eigenvalue weighted by Crippen LogP contribution is -2.15. The molecule has 2 aromatic heterocycles. The third-order valence-electron chi connectivity index (χ3n) is 3.91. The van der Waals surface area contributed by atoms with Gasteiger partial charge in [-0.25, -0.2) is 0 Å². The van der Waals surface area contributed by atoms with Gasteiger partial charge >= 0.3 is 0 Å². The molecule has 0 saturated heterocycles. The first-order valence-electron chi connectivity index (χ1n) is 7.31. The van der Waals surface area contributed by atoms with Crippen molar-refractivity contribution in [1.29, 1.82) is 0 Å². The van der Waals surface area contributed by atoms with Crippen molar-refractivity contribution >= 4 is 10.9 Å². The smallest absolute Gasteiger partial charge is 0.0722 e. The molecule has 3 aromatic rings. The fourth-order valence-corrected chi connectivity index (χ4v) is 2.81. The van der Waals surface area contributed by atoms with Gasteiger partial charge in [-0.15, -0.1) is 0 Å². The summed E-state index contributed by atoms with van der Waals surface area (Å²) < 4.78 is 2.04. The first-order valence-corrected chi connectivity index (χ1v) is 7.31. The number of fused-ring (bicyclic) bond motifs is 1. The van der Waals surface area contributed by atoms with Crippen molar-refractivity contribution < 1.29 is 0 Å². The van der Waals surface area contributed by atoms with Crippen LogP contribution in [0.2, 0.25) is 0 Å². The Balaban J connectivity index is 1.97. The number of hydrogen-bond donors (Lipinski definition) is 1. The van der Waals surface area contributed by atoms with E-state index >= 15 is 0 Å². The Kier molecular flexibility index (Phi) is 3.71. The summed E-state index contributed by atoms with van der Waals surface area (Å²) in [6.07, 6.45) is 4.39. The summed E-state index contributed by atoms with van der Waals surface area (Å²) in [4.78, 5) is 4.13. The van der Waals surface area contributed by atoms with Gasteiger partial charge < -0.3 is 5.73 Å². The predicted octanol–water partition coefficient (Wildman–Crippen LogP) is 3.00. The molecule has 2 N–H and O–H groups in total. The highest BCUT2D eigenvalue weighted by Gasteiger charge is 2.15. The summed E-state index contributed by atoms with van der Waals surface area (Å²) in [7, 11) is 0. The second kappa shape index (κ2) is 5.66. The molecule has 0 aliphatic rings. The molecule has 0 amide bonds. The maximum atomic E-state index is 6.39. The van der Waals surface area contributed by atoms with Crippen molar-refractivity contribution in [2.45, 2.75) is 32.9 Å². The van der Waals surface area contributed by atoms with Gasteiger partial charge in [0, 0.05) is 36.8 Å². The van der Waals surface area contributed by atoms with Crippen LogP contribution in [0.15, 0.2) is 42.7 Å². The van der Waals surface area contributed by atoms with E-state index in [4.69, 9.17) is 10.8 Å². The molecule has 21 heavy (non-hydrogen) atoms. The molecule has 108 valence electrons.